The van der Waals surface area contributed by atoms with Crippen molar-refractivity contribution < 1.29 is 15.0 Å². The molecule has 0 saturated carbocycles. The van der Waals surface area contributed by atoms with E-state index in [9.17, 15) is 4.79 Å². The largest absolute Gasteiger partial charge is 0.478 e. The molecule has 1 rings (SSSR count). The van der Waals surface area contributed by atoms with Crippen molar-refractivity contribution in [3.8, 4) is 0 Å². The van der Waals surface area contributed by atoms with Crippen LogP contribution in [-0.4, -0.2) is 33.0 Å². The number of carbonyl (C=O) groups is 1. The number of carboxylic acids is 1. The third kappa shape index (κ3) is 3.89. The van der Waals surface area contributed by atoms with E-state index >= 15 is 0 Å². The number of thioether (sulfide) groups is 1. The summed E-state index contributed by atoms with van der Waals surface area (Å²) in [6, 6.07) is 3.21. The van der Waals surface area contributed by atoms with Crippen LogP contribution in [0.25, 0.3) is 0 Å². The molecule has 0 aromatic carbocycles. The Balaban J connectivity index is 2.60. The first-order valence-electron chi connectivity index (χ1n) is 4.60. The molecule has 4 nitrogen and oxygen atoms in total. The predicted octanol–water partition coefficient (Wildman–Crippen LogP) is 1.64. The topological polar surface area (TPSA) is 70.4 Å². The fourth-order valence-electron chi connectivity index (χ4n) is 1.02. The fraction of sp³-hybridized carbons (Fsp3) is 0.400. The molecule has 1 unspecified atom stereocenters. The second kappa shape index (κ2) is 5.72. The van der Waals surface area contributed by atoms with Gasteiger partial charge in [-0.1, -0.05) is 6.92 Å². The first-order chi connectivity index (χ1) is 7.13. The van der Waals surface area contributed by atoms with Crippen molar-refractivity contribution in [3.63, 3.8) is 0 Å². The number of pyridine rings is 1. The molecule has 0 aliphatic rings. The minimum absolute atomic E-state index is 0.154. The van der Waals surface area contributed by atoms with E-state index in [4.69, 9.17) is 10.2 Å². The number of rotatable bonds is 5. The Hall–Kier alpha value is -1.07. The van der Waals surface area contributed by atoms with Crippen molar-refractivity contribution in [3.05, 3.63) is 23.9 Å². The zero-order chi connectivity index (χ0) is 11.3. The number of aromatic carboxylic acids is 1. The van der Waals surface area contributed by atoms with E-state index in [-0.39, 0.29) is 17.4 Å². The third-order valence-corrected chi connectivity index (χ3v) is 2.96. The summed E-state index contributed by atoms with van der Waals surface area (Å²) in [5.74, 6) is -0.970. The highest BCUT2D eigenvalue weighted by molar-refractivity contribution is 7.99. The molecule has 0 amide bonds. The Morgan fingerprint density at radius 2 is 2.33 bits per heavy atom. The molecule has 1 aromatic rings. The molecule has 1 atom stereocenters. The summed E-state index contributed by atoms with van der Waals surface area (Å²) in [7, 11) is 0. The van der Waals surface area contributed by atoms with Crippen LogP contribution in [-0.2, 0) is 0 Å². The summed E-state index contributed by atoms with van der Waals surface area (Å²) in [4.78, 5) is 14.6. The second-order valence-electron chi connectivity index (χ2n) is 3.13. The van der Waals surface area contributed by atoms with E-state index in [0.717, 1.165) is 5.03 Å². The molecule has 2 N–H and O–H groups in total. The molecule has 82 valence electrons. The van der Waals surface area contributed by atoms with Gasteiger partial charge in [0.15, 0.2) is 0 Å². The van der Waals surface area contributed by atoms with Crippen LogP contribution in [0.1, 0.15) is 23.7 Å². The SMILES string of the molecule is CC(CCO)Sc1ccc(C(=O)O)cn1. The van der Waals surface area contributed by atoms with E-state index in [1.165, 1.54) is 24.0 Å². The second-order valence-corrected chi connectivity index (χ2v) is 4.59. The zero-order valence-electron chi connectivity index (χ0n) is 8.38. The quantitative estimate of drug-likeness (QED) is 0.748. The van der Waals surface area contributed by atoms with Gasteiger partial charge in [-0.05, 0) is 18.6 Å². The van der Waals surface area contributed by atoms with E-state index < -0.39 is 5.97 Å². The van der Waals surface area contributed by atoms with Crippen molar-refractivity contribution in [1.82, 2.24) is 4.98 Å². The van der Waals surface area contributed by atoms with Gasteiger partial charge in [-0.25, -0.2) is 9.78 Å². The van der Waals surface area contributed by atoms with Gasteiger partial charge in [0.05, 0.1) is 10.6 Å². The van der Waals surface area contributed by atoms with Gasteiger partial charge in [0.25, 0.3) is 0 Å². The van der Waals surface area contributed by atoms with E-state index in [1.54, 1.807) is 6.07 Å². The minimum Gasteiger partial charge on any atom is -0.478 e. The maximum absolute atomic E-state index is 10.6. The first-order valence-corrected chi connectivity index (χ1v) is 5.48. The van der Waals surface area contributed by atoms with Crippen LogP contribution in [0.15, 0.2) is 23.4 Å². The minimum atomic E-state index is -0.970. The molecule has 0 radical (unpaired) electrons. The van der Waals surface area contributed by atoms with Crippen LogP contribution in [0, 0.1) is 0 Å². The monoisotopic (exact) mass is 227 g/mol. The zero-order valence-corrected chi connectivity index (χ0v) is 9.20. The summed E-state index contributed by atoms with van der Waals surface area (Å²) in [5.41, 5.74) is 0.189. The molecule has 15 heavy (non-hydrogen) atoms. The summed E-state index contributed by atoms with van der Waals surface area (Å²) in [5, 5.41) is 18.4. The highest BCUT2D eigenvalue weighted by Crippen LogP contribution is 2.22. The van der Waals surface area contributed by atoms with Crippen molar-refractivity contribution >= 4 is 17.7 Å². The number of hydrogen-bond acceptors (Lipinski definition) is 4. The summed E-state index contributed by atoms with van der Waals surface area (Å²) in [6.45, 7) is 2.15. The van der Waals surface area contributed by atoms with Gasteiger partial charge in [0.2, 0.25) is 0 Å². The molecule has 0 saturated heterocycles. The van der Waals surface area contributed by atoms with E-state index in [0.29, 0.717) is 6.42 Å². The highest BCUT2D eigenvalue weighted by Gasteiger charge is 2.06. The van der Waals surface area contributed by atoms with Gasteiger partial charge in [-0.3, -0.25) is 0 Å². The lowest BCUT2D eigenvalue weighted by atomic mass is 10.3. The molecule has 0 fully saturated rings. The Labute approximate surface area is 92.3 Å². The molecule has 0 aliphatic heterocycles. The van der Waals surface area contributed by atoms with Crippen LogP contribution in [0.2, 0.25) is 0 Å². The standard InChI is InChI=1S/C10H13NO3S/c1-7(4-5-12)15-9-3-2-8(6-11-9)10(13)14/h2-3,6-7,12H,4-5H2,1H3,(H,13,14). The first kappa shape index (κ1) is 12.0. The highest BCUT2D eigenvalue weighted by atomic mass is 32.2. The maximum Gasteiger partial charge on any atom is 0.337 e. The lowest BCUT2D eigenvalue weighted by molar-refractivity contribution is 0.0696. The van der Waals surface area contributed by atoms with E-state index in [2.05, 4.69) is 4.98 Å². The molecule has 0 aliphatic carbocycles. The molecule has 1 heterocycles. The van der Waals surface area contributed by atoms with Gasteiger partial charge >= 0.3 is 5.97 Å². The van der Waals surface area contributed by atoms with Crippen molar-refractivity contribution in [2.24, 2.45) is 0 Å². The summed E-state index contributed by atoms with van der Waals surface area (Å²) < 4.78 is 0. The molecule has 0 spiro atoms. The van der Waals surface area contributed by atoms with Gasteiger partial charge in [-0.2, -0.15) is 0 Å². The van der Waals surface area contributed by atoms with Crippen molar-refractivity contribution in [2.45, 2.75) is 23.6 Å². The molecular formula is C10H13NO3S. The molecular weight excluding hydrogens is 214 g/mol. The average Bonchev–Trinajstić information content (AvgIpc) is 2.18. The average molecular weight is 227 g/mol. The third-order valence-electron chi connectivity index (χ3n) is 1.84. The van der Waals surface area contributed by atoms with Gasteiger partial charge < -0.3 is 10.2 Å². The number of aliphatic hydroxyl groups excluding tert-OH is 1. The lowest BCUT2D eigenvalue weighted by Crippen LogP contribution is -2.01. The van der Waals surface area contributed by atoms with Crippen LogP contribution >= 0.6 is 11.8 Å². The molecule has 5 heteroatoms. The Morgan fingerprint density at radius 1 is 1.60 bits per heavy atom. The molecule has 1 aromatic heterocycles. The Morgan fingerprint density at radius 3 is 2.80 bits per heavy atom. The van der Waals surface area contributed by atoms with Crippen LogP contribution < -0.4 is 0 Å². The predicted molar refractivity (Wildman–Crippen MR) is 58.2 cm³/mol. The fourth-order valence-corrected chi connectivity index (χ4v) is 1.92. The van der Waals surface area contributed by atoms with Gasteiger partial charge in [-0.15, -0.1) is 11.8 Å². The number of hydrogen-bond donors (Lipinski definition) is 2. The van der Waals surface area contributed by atoms with Crippen LogP contribution in [0.5, 0.6) is 0 Å². The van der Waals surface area contributed by atoms with E-state index in [1.807, 2.05) is 6.92 Å². The smallest absolute Gasteiger partial charge is 0.337 e. The van der Waals surface area contributed by atoms with Crippen LogP contribution in [0.3, 0.4) is 0 Å². The number of nitrogens with zero attached hydrogens (tertiary/aromatic N) is 1. The summed E-state index contributed by atoms with van der Waals surface area (Å²) in [6.07, 6.45) is 2.05. The van der Waals surface area contributed by atoms with Crippen LogP contribution in [0.4, 0.5) is 0 Å². The normalized spacial score (nSPS) is 12.4. The number of aliphatic hydroxyl groups is 1. The van der Waals surface area contributed by atoms with Gasteiger partial charge in [0, 0.05) is 18.1 Å². The Kier molecular flexibility index (Phi) is 4.58. The summed E-state index contributed by atoms with van der Waals surface area (Å²) >= 11 is 1.52. The molecule has 0 bridgehead atoms. The van der Waals surface area contributed by atoms with Crippen molar-refractivity contribution in [2.75, 3.05) is 6.61 Å². The number of carboxylic acid groups (broad SMARTS) is 1. The number of aromatic nitrogens is 1. The Bertz CT molecular complexity index is 326. The van der Waals surface area contributed by atoms with Gasteiger partial charge in [0.1, 0.15) is 0 Å². The lowest BCUT2D eigenvalue weighted by Gasteiger charge is -2.07. The maximum atomic E-state index is 10.6. The van der Waals surface area contributed by atoms with Crippen molar-refractivity contribution in [1.29, 1.82) is 0 Å².